The van der Waals surface area contributed by atoms with Gasteiger partial charge in [-0.05, 0) is 57.1 Å². The Morgan fingerprint density at radius 3 is 2.19 bits per heavy atom. The van der Waals surface area contributed by atoms with E-state index in [0.29, 0.717) is 0 Å². The van der Waals surface area contributed by atoms with Gasteiger partial charge in [-0.1, -0.05) is 59.1 Å². The monoisotopic (exact) mass is 377 g/mol. The second kappa shape index (κ2) is 9.75. The van der Waals surface area contributed by atoms with Crippen LogP contribution in [0.5, 0.6) is 0 Å². The Hall–Kier alpha value is -1.06. The van der Waals surface area contributed by atoms with E-state index in [-0.39, 0.29) is 5.41 Å². The van der Waals surface area contributed by atoms with Crippen LogP contribution in [0.3, 0.4) is 0 Å². The average molecular weight is 378 g/mol. The molecule has 0 N–H and O–H groups in total. The highest BCUT2D eigenvalue weighted by atomic mass is 35.5. The number of aryl methyl sites for hydroxylation is 1. The summed E-state index contributed by atoms with van der Waals surface area (Å²) in [5, 5.41) is 0.757. The second-order valence-corrected chi connectivity index (χ2v) is 8.81. The van der Waals surface area contributed by atoms with Gasteiger partial charge in [0.2, 0.25) is 0 Å². The first kappa shape index (κ1) is 21.2. The fourth-order valence-corrected chi connectivity index (χ4v) is 3.62. The van der Waals surface area contributed by atoms with E-state index in [2.05, 4.69) is 50.2 Å². The zero-order chi connectivity index (χ0) is 19.2. The highest BCUT2D eigenvalue weighted by molar-refractivity contribution is 6.31. The average Bonchev–Trinajstić information content (AvgIpc) is 2.94. The maximum Gasteiger partial charge on any atom is 0.115 e. The van der Waals surface area contributed by atoms with Crippen molar-refractivity contribution >= 4 is 22.6 Å². The first-order valence-corrected chi connectivity index (χ1v) is 10.6. The minimum Gasteiger partial charge on any atom is -0.327 e. The topological polar surface area (TPSA) is 21.1 Å². The molecule has 0 saturated heterocycles. The zero-order valence-corrected chi connectivity index (χ0v) is 18.1. The minimum atomic E-state index is 0.0234. The maximum absolute atomic E-state index is 6.18. The van der Waals surface area contributed by atoms with E-state index in [1.165, 1.54) is 44.3 Å². The molecule has 0 unspecified atom stereocenters. The van der Waals surface area contributed by atoms with Crippen molar-refractivity contribution in [2.24, 2.45) is 0 Å². The van der Waals surface area contributed by atoms with Crippen molar-refractivity contribution in [1.82, 2.24) is 14.5 Å². The first-order chi connectivity index (χ1) is 12.4. The molecule has 146 valence electrons. The molecule has 0 atom stereocenters. The van der Waals surface area contributed by atoms with Crippen LogP contribution in [0.15, 0.2) is 18.2 Å². The van der Waals surface area contributed by atoms with Crippen LogP contribution in [0.2, 0.25) is 5.02 Å². The fourth-order valence-electron chi connectivity index (χ4n) is 3.45. The van der Waals surface area contributed by atoms with Crippen LogP contribution in [0.4, 0.5) is 0 Å². The molecule has 1 aromatic carbocycles. The van der Waals surface area contributed by atoms with Gasteiger partial charge in [0.1, 0.15) is 5.82 Å². The van der Waals surface area contributed by atoms with Gasteiger partial charge >= 0.3 is 0 Å². The van der Waals surface area contributed by atoms with Gasteiger partial charge in [0.15, 0.2) is 0 Å². The van der Waals surface area contributed by atoms with Crippen LogP contribution in [0.1, 0.15) is 72.5 Å². The van der Waals surface area contributed by atoms with Crippen LogP contribution in [-0.2, 0) is 12.0 Å². The highest BCUT2D eigenvalue weighted by Crippen LogP contribution is 2.28. The molecule has 1 aromatic heterocycles. The molecule has 4 heteroatoms. The van der Waals surface area contributed by atoms with Crippen molar-refractivity contribution in [1.29, 1.82) is 0 Å². The van der Waals surface area contributed by atoms with Crippen molar-refractivity contribution in [3.63, 3.8) is 0 Å². The van der Waals surface area contributed by atoms with Gasteiger partial charge < -0.3 is 9.47 Å². The van der Waals surface area contributed by atoms with E-state index in [4.69, 9.17) is 16.6 Å². The lowest BCUT2D eigenvalue weighted by Crippen LogP contribution is -2.28. The number of rotatable bonds is 10. The van der Waals surface area contributed by atoms with Crippen LogP contribution in [0.25, 0.3) is 11.0 Å². The van der Waals surface area contributed by atoms with Crippen molar-refractivity contribution in [2.45, 2.75) is 78.7 Å². The lowest BCUT2D eigenvalue weighted by molar-refractivity contribution is 0.256. The number of benzene rings is 1. The highest BCUT2D eigenvalue weighted by Gasteiger charge is 2.22. The van der Waals surface area contributed by atoms with Crippen molar-refractivity contribution < 1.29 is 0 Å². The lowest BCUT2D eigenvalue weighted by atomic mass is 9.95. The number of halogens is 1. The van der Waals surface area contributed by atoms with Crippen LogP contribution < -0.4 is 0 Å². The molecule has 0 spiro atoms. The number of aromatic nitrogens is 2. The summed E-state index contributed by atoms with van der Waals surface area (Å²) in [6.07, 6.45) is 6.28. The fraction of sp³-hybridized carbons (Fsp3) is 0.682. The van der Waals surface area contributed by atoms with Crippen molar-refractivity contribution in [3.05, 3.63) is 29.0 Å². The van der Waals surface area contributed by atoms with E-state index in [1.54, 1.807) is 0 Å². The van der Waals surface area contributed by atoms with E-state index in [1.807, 2.05) is 12.1 Å². The summed E-state index contributed by atoms with van der Waals surface area (Å²) in [6.45, 7) is 15.9. The molecule has 0 saturated carbocycles. The van der Waals surface area contributed by atoms with Crippen molar-refractivity contribution in [2.75, 3.05) is 19.6 Å². The maximum atomic E-state index is 6.18. The Morgan fingerprint density at radius 1 is 1.00 bits per heavy atom. The first-order valence-electron chi connectivity index (χ1n) is 10.3. The summed E-state index contributed by atoms with van der Waals surface area (Å²) < 4.78 is 2.41. The van der Waals surface area contributed by atoms with Crippen LogP contribution in [-0.4, -0.2) is 34.1 Å². The lowest BCUT2D eigenvalue weighted by Gasteiger charge is -2.24. The minimum absolute atomic E-state index is 0.0234. The third-order valence-electron chi connectivity index (χ3n) is 4.89. The number of unbranched alkanes of at least 4 members (excludes halogenated alkanes) is 2. The summed E-state index contributed by atoms with van der Waals surface area (Å²) in [5.74, 6) is 1.16. The molecule has 2 rings (SSSR count). The largest absolute Gasteiger partial charge is 0.327 e. The number of nitrogens with zero attached hydrogens (tertiary/aromatic N) is 3. The van der Waals surface area contributed by atoms with Gasteiger partial charge in [-0.15, -0.1) is 0 Å². The van der Waals surface area contributed by atoms with E-state index >= 15 is 0 Å². The molecule has 0 aliphatic carbocycles. The molecule has 3 nitrogen and oxygen atoms in total. The quantitative estimate of drug-likeness (QED) is 0.485. The number of hydrogen-bond donors (Lipinski definition) is 0. The summed E-state index contributed by atoms with van der Waals surface area (Å²) in [7, 11) is 0. The van der Waals surface area contributed by atoms with Gasteiger partial charge in [0, 0.05) is 17.0 Å². The Morgan fingerprint density at radius 2 is 1.62 bits per heavy atom. The molecule has 26 heavy (non-hydrogen) atoms. The van der Waals surface area contributed by atoms with E-state index < -0.39 is 0 Å². The number of hydrogen-bond acceptors (Lipinski definition) is 2. The standard InChI is InChI=1S/C22H36ClN3/c1-6-8-13-25(14-9-7-2)15-10-16-26-20-12-11-18(23)17-19(20)24-21(26)22(3,4)5/h11-12,17H,6-10,13-16H2,1-5H3. The third-order valence-corrected chi connectivity index (χ3v) is 5.13. The molecule has 0 fully saturated rings. The predicted octanol–water partition coefficient (Wildman–Crippen LogP) is 6.28. The Kier molecular flexibility index (Phi) is 7.97. The molecule has 0 radical (unpaired) electrons. The normalized spacial score (nSPS) is 12.4. The Bertz CT molecular complexity index is 676. The van der Waals surface area contributed by atoms with Gasteiger partial charge in [0.25, 0.3) is 0 Å². The van der Waals surface area contributed by atoms with Crippen LogP contribution in [0, 0.1) is 0 Å². The predicted molar refractivity (Wildman–Crippen MR) is 114 cm³/mol. The Labute approximate surface area is 164 Å². The summed E-state index contributed by atoms with van der Waals surface area (Å²) in [4.78, 5) is 7.55. The number of fused-ring (bicyclic) bond motifs is 1. The second-order valence-electron chi connectivity index (χ2n) is 8.37. The molecular formula is C22H36ClN3. The van der Waals surface area contributed by atoms with E-state index in [9.17, 15) is 0 Å². The molecule has 0 bridgehead atoms. The smallest absolute Gasteiger partial charge is 0.115 e. The van der Waals surface area contributed by atoms with Gasteiger partial charge in [0.05, 0.1) is 11.0 Å². The summed E-state index contributed by atoms with van der Waals surface area (Å²) in [6, 6.07) is 6.08. The summed E-state index contributed by atoms with van der Waals surface area (Å²) >= 11 is 6.18. The van der Waals surface area contributed by atoms with Crippen LogP contribution >= 0.6 is 11.6 Å². The zero-order valence-electron chi connectivity index (χ0n) is 17.3. The molecule has 1 heterocycles. The number of imidazole rings is 1. The van der Waals surface area contributed by atoms with E-state index in [0.717, 1.165) is 35.9 Å². The molecule has 0 amide bonds. The molecular weight excluding hydrogens is 342 g/mol. The van der Waals surface area contributed by atoms with Gasteiger partial charge in [-0.3, -0.25) is 0 Å². The summed E-state index contributed by atoms with van der Waals surface area (Å²) in [5.41, 5.74) is 2.24. The molecule has 2 aromatic rings. The SMILES string of the molecule is CCCCN(CCCC)CCCn1c(C(C)(C)C)nc2cc(Cl)ccc21. The Balaban J connectivity index is 2.13. The van der Waals surface area contributed by atoms with Gasteiger partial charge in [-0.25, -0.2) is 4.98 Å². The third kappa shape index (κ3) is 5.72. The molecule has 0 aliphatic rings. The van der Waals surface area contributed by atoms with Crippen molar-refractivity contribution in [3.8, 4) is 0 Å². The molecule has 0 aliphatic heterocycles. The van der Waals surface area contributed by atoms with Gasteiger partial charge in [-0.2, -0.15) is 0 Å².